The number of hydrogen-bond acceptors (Lipinski definition) is 4. The van der Waals surface area contributed by atoms with Gasteiger partial charge in [0.05, 0.1) is 22.4 Å². The summed E-state index contributed by atoms with van der Waals surface area (Å²) in [6.45, 7) is 1.81. The van der Waals surface area contributed by atoms with Gasteiger partial charge in [0.25, 0.3) is 5.56 Å². The highest BCUT2D eigenvalue weighted by Crippen LogP contribution is 2.36. The van der Waals surface area contributed by atoms with E-state index in [1.807, 2.05) is 42.5 Å². The van der Waals surface area contributed by atoms with Crippen molar-refractivity contribution in [2.75, 3.05) is 18.0 Å². The van der Waals surface area contributed by atoms with Gasteiger partial charge in [-0.15, -0.1) is 0 Å². The van der Waals surface area contributed by atoms with Crippen molar-refractivity contribution in [1.29, 1.82) is 0 Å². The Balaban J connectivity index is 1.63. The summed E-state index contributed by atoms with van der Waals surface area (Å²) < 4.78 is 0. The number of aromatic amines is 2. The molecule has 0 spiro atoms. The molecule has 3 aromatic heterocycles. The molecule has 0 saturated carbocycles. The highest BCUT2D eigenvalue weighted by molar-refractivity contribution is 6.35. The third-order valence-corrected chi connectivity index (χ3v) is 6.41. The van der Waals surface area contributed by atoms with Gasteiger partial charge in [0.15, 0.2) is 0 Å². The summed E-state index contributed by atoms with van der Waals surface area (Å²) in [5, 5.41) is 9.50. The smallest absolute Gasteiger partial charge is 0.273 e. The Morgan fingerprint density at radius 3 is 2.56 bits per heavy atom. The Labute approximate surface area is 188 Å². The van der Waals surface area contributed by atoms with E-state index in [1.165, 1.54) is 0 Å². The summed E-state index contributed by atoms with van der Waals surface area (Å²) in [4.78, 5) is 22.9. The normalized spacial score (nSPS) is 14.0. The van der Waals surface area contributed by atoms with Crippen LogP contribution in [0.25, 0.3) is 44.3 Å². The van der Waals surface area contributed by atoms with Crippen LogP contribution in [0.15, 0.2) is 65.6 Å². The lowest BCUT2D eigenvalue weighted by atomic mass is 9.97. The molecule has 0 radical (unpaired) electrons. The number of H-pyrrole nitrogens is 2. The molecule has 2 N–H and O–H groups in total. The Bertz CT molecular complexity index is 1520. The van der Waals surface area contributed by atoms with Crippen LogP contribution in [0.2, 0.25) is 5.02 Å². The van der Waals surface area contributed by atoms with Crippen molar-refractivity contribution >= 4 is 39.2 Å². The van der Waals surface area contributed by atoms with Gasteiger partial charge in [-0.3, -0.25) is 9.89 Å². The van der Waals surface area contributed by atoms with E-state index in [1.54, 1.807) is 6.20 Å². The van der Waals surface area contributed by atoms with Crippen LogP contribution < -0.4 is 10.5 Å². The molecule has 1 fully saturated rings. The van der Waals surface area contributed by atoms with Gasteiger partial charge in [-0.1, -0.05) is 41.9 Å². The number of benzene rings is 2. The molecule has 0 bridgehead atoms. The lowest BCUT2D eigenvalue weighted by Crippen LogP contribution is -2.25. The van der Waals surface area contributed by atoms with Gasteiger partial charge in [-0.2, -0.15) is 5.10 Å². The summed E-state index contributed by atoms with van der Waals surface area (Å²) in [6, 6.07) is 18.0. The van der Waals surface area contributed by atoms with Crippen molar-refractivity contribution < 1.29 is 0 Å². The average Bonchev–Trinajstić information content (AvgIpc) is 3.51. The lowest BCUT2D eigenvalue weighted by molar-refractivity contribution is 0.949. The largest absolute Gasteiger partial charge is 0.367 e. The van der Waals surface area contributed by atoms with Crippen molar-refractivity contribution in [2.24, 2.45) is 0 Å². The SMILES string of the molecule is O=c1[nH]c2nc(-c3ccccc3)c(-c3cc(Cl)c4[nH]ncc4c3)cc2cc1N1CCCC1. The third kappa shape index (κ3) is 3.15. The summed E-state index contributed by atoms with van der Waals surface area (Å²) in [5.41, 5.74) is 5.67. The molecule has 1 aliphatic heterocycles. The van der Waals surface area contributed by atoms with Crippen LogP contribution in [0.4, 0.5) is 5.69 Å². The summed E-state index contributed by atoms with van der Waals surface area (Å²) in [6.07, 6.45) is 3.98. The second kappa shape index (κ2) is 7.50. The van der Waals surface area contributed by atoms with Crippen LogP contribution in [-0.2, 0) is 0 Å². The van der Waals surface area contributed by atoms with E-state index in [4.69, 9.17) is 16.6 Å². The average molecular weight is 442 g/mol. The zero-order chi connectivity index (χ0) is 21.7. The van der Waals surface area contributed by atoms with Crippen LogP contribution in [0, 0.1) is 0 Å². The number of rotatable bonds is 3. The quantitative estimate of drug-likeness (QED) is 0.393. The molecule has 6 rings (SSSR count). The number of fused-ring (bicyclic) bond motifs is 2. The van der Waals surface area contributed by atoms with Gasteiger partial charge in [0.1, 0.15) is 11.3 Å². The van der Waals surface area contributed by atoms with E-state index in [2.05, 4.69) is 32.2 Å². The first-order valence-electron chi connectivity index (χ1n) is 10.7. The molecule has 5 aromatic rings. The predicted molar refractivity (Wildman–Crippen MR) is 129 cm³/mol. The van der Waals surface area contributed by atoms with Gasteiger partial charge >= 0.3 is 0 Å². The van der Waals surface area contributed by atoms with E-state index >= 15 is 0 Å². The number of pyridine rings is 2. The molecule has 0 aliphatic carbocycles. The van der Waals surface area contributed by atoms with Crippen LogP contribution in [0.5, 0.6) is 0 Å². The van der Waals surface area contributed by atoms with Gasteiger partial charge < -0.3 is 9.88 Å². The van der Waals surface area contributed by atoms with E-state index in [-0.39, 0.29) is 5.56 Å². The lowest BCUT2D eigenvalue weighted by Gasteiger charge is -2.18. The molecule has 4 heterocycles. The number of hydrogen-bond donors (Lipinski definition) is 2. The summed E-state index contributed by atoms with van der Waals surface area (Å²) in [7, 11) is 0. The Kier molecular flexibility index (Phi) is 4.47. The molecule has 0 atom stereocenters. The van der Waals surface area contributed by atoms with E-state index in [0.717, 1.165) is 64.6 Å². The Morgan fingerprint density at radius 1 is 0.938 bits per heavy atom. The fourth-order valence-electron chi connectivity index (χ4n) is 4.52. The number of anilines is 1. The van der Waals surface area contributed by atoms with E-state index in [9.17, 15) is 4.79 Å². The zero-order valence-corrected chi connectivity index (χ0v) is 18.0. The summed E-state index contributed by atoms with van der Waals surface area (Å²) >= 11 is 6.56. The van der Waals surface area contributed by atoms with E-state index < -0.39 is 0 Å². The molecular formula is C25H20ClN5O. The molecule has 7 heteroatoms. The van der Waals surface area contributed by atoms with Crippen molar-refractivity contribution in [3.63, 3.8) is 0 Å². The number of nitrogens with zero attached hydrogens (tertiary/aromatic N) is 3. The minimum Gasteiger partial charge on any atom is -0.367 e. The molecule has 32 heavy (non-hydrogen) atoms. The minimum atomic E-state index is -0.0958. The van der Waals surface area contributed by atoms with E-state index in [0.29, 0.717) is 16.4 Å². The molecule has 0 unspecified atom stereocenters. The van der Waals surface area contributed by atoms with Crippen LogP contribution in [0.1, 0.15) is 12.8 Å². The number of aromatic nitrogens is 4. The first-order chi connectivity index (χ1) is 15.7. The van der Waals surface area contributed by atoms with Crippen molar-refractivity contribution in [3.8, 4) is 22.4 Å². The first kappa shape index (κ1) is 19.1. The monoisotopic (exact) mass is 441 g/mol. The molecule has 1 saturated heterocycles. The minimum absolute atomic E-state index is 0.0958. The van der Waals surface area contributed by atoms with Crippen molar-refractivity contribution in [3.05, 3.63) is 76.2 Å². The van der Waals surface area contributed by atoms with Gasteiger partial charge in [-0.05, 0) is 42.7 Å². The first-order valence-corrected chi connectivity index (χ1v) is 11.1. The van der Waals surface area contributed by atoms with Gasteiger partial charge in [0.2, 0.25) is 0 Å². The summed E-state index contributed by atoms with van der Waals surface area (Å²) in [5.74, 6) is 0. The second-order valence-electron chi connectivity index (χ2n) is 8.16. The molecular weight excluding hydrogens is 422 g/mol. The molecule has 6 nitrogen and oxygen atoms in total. The maximum Gasteiger partial charge on any atom is 0.273 e. The highest BCUT2D eigenvalue weighted by atomic mass is 35.5. The number of halogens is 1. The second-order valence-corrected chi connectivity index (χ2v) is 8.57. The van der Waals surface area contributed by atoms with Crippen LogP contribution in [-0.4, -0.2) is 33.3 Å². The predicted octanol–water partition coefficient (Wildman–Crippen LogP) is 5.39. The van der Waals surface area contributed by atoms with Crippen LogP contribution in [0.3, 0.4) is 0 Å². The fourth-order valence-corrected chi connectivity index (χ4v) is 4.79. The molecule has 2 aromatic carbocycles. The highest BCUT2D eigenvalue weighted by Gasteiger charge is 2.19. The Morgan fingerprint density at radius 2 is 1.75 bits per heavy atom. The fraction of sp³-hybridized carbons (Fsp3) is 0.160. The standard InChI is InChI=1S/C25H20ClN5O/c26-20-12-16(10-18-14-27-30-23(18)20)19-11-17-13-21(31-8-4-5-9-31)25(32)29-24(17)28-22(19)15-6-2-1-3-7-15/h1-3,6-7,10-14H,4-5,8-9H2,(H,27,30)(H,28,29,32). The molecule has 158 valence electrons. The third-order valence-electron chi connectivity index (χ3n) is 6.11. The van der Waals surface area contributed by atoms with Crippen molar-refractivity contribution in [2.45, 2.75) is 12.8 Å². The topological polar surface area (TPSA) is 77.7 Å². The van der Waals surface area contributed by atoms with Crippen molar-refractivity contribution in [1.82, 2.24) is 20.2 Å². The van der Waals surface area contributed by atoms with Gasteiger partial charge in [-0.25, -0.2) is 4.98 Å². The molecule has 1 aliphatic rings. The maximum absolute atomic E-state index is 12.8. The Hall–Kier alpha value is -3.64. The van der Waals surface area contributed by atoms with Gasteiger partial charge in [0, 0.05) is 35.0 Å². The zero-order valence-electron chi connectivity index (χ0n) is 17.2. The molecule has 0 amide bonds. The maximum atomic E-state index is 12.8. The van der Waals surface area contributed by atoms with Crippen LogP contribution >= 0.6 is 11.6 Å². The number of nitrogens with one attached hydrogen (secondary N) is 2.